The van der Waals surface area contributed by atoms with Crippen molar-refractivity contribution in [2.75, 3.05) is 6.54 Å². The molecule has 2 N–H and O–H groups in total. The Bertz CT molecular complexity index is 459. The summed E-state index contributed by atoms with van der Waals surface area (Å²) in [4.78, 5) is 9.87. The standard InChI is InChI=1S/C12H15FN2O3/c13-10-7-12(16)8(6-11(10)15(17)18)5-9-3-1-2-4-14-9/h6-7,9,14,16H,1-5H2. The minimum absolute atomic E-state index is 0.190. The molecular weight excluding hydrogens is 239 g/mol. The van der Waals surface area contributed by atoms with Gasteiger partial charge in [0.15, 0.2) is 0 Å². The van der Waals surface area contributed by atoms with Crippen molar-refractivity contribution in [1.29, 1.82) is 0 Å². The predicted molar refractivity (Wildman–Crippen MR) is 64.1 cm³/mol. The van der Waals surface area contributed by atoms with Crippen LogP contribution in [0.3, 0.4) is 0 Å². The van der Waals surface area contributed by atoms with E-state index in [2.05, 4.69) is 5.32 Å². The molecule has 0 saturated carbocycles. The van der Waals surface area contributed by atoms with Crippen molar-refractivity contribution in [3.63, 3.8) is 0 Å². The number of piperidine rings is 1. The number of nitro groups is 1. The first-order valence-electron chi connectivity index (χ1n) is 5.97. The van der Waals surface area contributed by atoms with Crippen molar-refractivity contribution in [1.82, 2.24) is 5.32 Å². The highest BCUT2D eigenvalue weighted by Gasteiger charge is 2.21. The van der Waals surface area contributed by atoms with Gasteiger partial charge in [0.25, 0.3) is 0 Å². The van der Waals surface area contributed by atoms with Crippen LogP contribution in [-0.4, -0.2) is 22.6 Å². The zero-order valence-electron chi connectivity index (χ0n) is 9.86. The highest BCUT2D eigenvalue weighted by atomic mass is 19.1. The molecule has 1 heterocycles. The van der Waals surface area contributed by atoms with Crippen LogP contribution in [0.2, 0.25) is 0 Å². The number of hydrogen-bond acceptors (Lipinski definition) is 4. The molecule has 1 aromatic carbocycles. The van der Waals surface area contributed by atoms with Gasteiger partial charge in [0.05, 0.1) is 4.92 Å². The van der Waals surface area contributed by atoms with E-state index in [9.17, 15) is 19.6 Å². The molecule has 18 heavy (non-hydrogen) atoms. The molecule has 2 rings (SSSR count). The number of halogens is 1. The fraction of sp³-hybridized carbons (Fsp3) is 0.500. The van der Waals surface area contributed by atoms with E-state index >= 15 is 0 Å². The van der Waals surface area contributed by atoms with E-state index in [1.54, 1.807) is 0 Å². The number of nitro benzene ring substituents is 1. The highest BCUT2D eigenvalue weighted by molar-refractivity contribution is 5.44. The van der Waals surface area contributed by atoms with E-state index < -0.39 is 16.4 Å². The van der Waals surface area contributed by atoms with E-state index in [0.29, 0.717) is 12.0 Å². The zero-order valence-corrected chi connectivity index (χ0v) is 9.86. The molecule has 1 aromatic rings. The number of phenolic OH excluding ortho intramolecular Hbond substituents is 1. The smallest absolute Gasteiger partial charge is 0.305 e. The maximum absolute atomic E-state index is 13.2. The second-order valence-electron chi connectivity index (χ2n) is 4.54. The maximum Gasteiger partial charge on any atom is 0.305 e. The van der Waals surface area contributed by atoms with Gasteiger partial charge in [-0.25, -0.2) is 0 Å². The van der Waals surface area contributed by atoms with E-state index in [4.69, 9.17) is 0 Å². The van der Waals surface area contributed by atoms with Crippen molar-refractivity contribution in [3.8, 4) is 5.75 Å². The van der Waals surface area contributed by atoms with Gasteiger partial charge in [-0.1, -0.05) is 6.42 Å². The first-order valence-corrected chi connectivity index (χ1v) is 5.97. The average molecular weight is 254 g/mol. The quantitative estimate of drug-likeness (QED) is 0.640. The lowest BCUT2D eigenvalue weighted by Crippen LogP contribution is -2.35. The lowest BCUT2D eigenvalue weighted by atomic mass is 9.97. The number of rotatable bonds is 3. The van der Waals surface area contributed by atoms with Gasteiger partial charge in [-0.2, -0.15) is 4.39 Å². The lowest BCUT2D eigenvalue weighted by Gasteiger charge is -2.23. The topological polar surface area (TPSA) is 75.4 Å². The molecule has 1 saturated heterocycles. The molecule has 0 aromatic heterocycles. The summed E-state index contributed by atoms with van der Waals surface area (Å²) in [5, 5.41) is 23.6. The largest absolute Gasteiger partial charge is 0.508 e. The summed E-state index contributed by atoms with van der Waals surface area (Å²) in [5.41, 5.74) is -0.166. The molecule has 0 spiro atoms. The third-order valence-electron chi connectivity index (χ3n) is 3.22. The minimum atomic E-state index is -1.00. The third kappa shape index (κ3) is 2.76. The van der Waals surface area contributed by atoms with Gasteiger partial charge >= 0.3 is 5.69 Å². The van der Waals surface area contributed by atoms with Crippen molar-refractivity contribution in [2.24, 2.45) is 0 Å². The van der Waals surface area contributed by atoms with Crippen LogP contribution in [0, 0.1) is 15.9 Å². The lowest BCUT2D eigenvalue weighted by molar-refractivity contribution is -0.387. The van der Waals surface area contributed by atoms with Crippen LogP contribution in [0.25, 0.3) is 0 Å². The SMILES string of the molecule is O=[N+]([O-])c1cc(CC2CCCCN2)c(O)cc1F. The monoisotopic (exact) mass is 254 g/mol. The number of aromatic hydroxyl groups is 1. The first kappa shape index (κ1) is 12.8. The average Bonchev–Trinajstić information content (AvgIpc) is 2.33. The Labute approximate surface area is 104 Å². The number of hydrogen-bond donors (Lipinski definition) is 2. The molecular formula is C12H15FN2O3. The van der Waals surface area contributed by atoms with Crippen molar-refractivity contribution in [3.05, 3.63) is 33.6 Å². The number of nitrogens with one attached hydrogen (secondary N) is 1. The van der Waals surface area contributed by atoms with E-state index in [0.717, 1.165) is 37.9 Å². The Morgan fingerprint density at radius 1 is 1.50 bits per heavy atom. The first-order chi connectivity index (χ1) is 8.58. The van der Waals surface area contributed by atoms with Gasteiger partial charge in [-0.05, 0) is 25.8 Å². The van der Waals surface area contributed by atoms with Crippen LogP contribution < -0.4 is 5.32 Å². The maximum atomic E-state index is 13.2. The Balaban J connectivity index is 2.21. The molecule has 5 nitrogen and oxygen atoms in total. The molecule has 1 aliphatic rings. The van der Waals surface area contributed by atoms with Gasteiger partial charge in [0.1, 0.15) is 5.75 Å². The van der Waals surface area contributed by atoms with Gasteiger partial charge in [-0.15, -0.1) is 0 Å². The number of nitrogens with zero attached hydrogens (tertiary/aromatic N) is 1. The molecule has 0 amide bonds. The molecule has 0 aliphatic carbocycles. The Morgan fingerprint density at radius 3 is 2.89 bits per heavy atom. The summed E-state index contributed by atoms with van der Waals surface area (Å²) in [6.07, 6.45) is 3.66. The number of phenols is 1. The molecule has 0 bridgehead atoms. The van der Waals surface area contributed by atoms with Crippen LogP contribution in [0.1, 0.15) is 24.8 Å². The Morgan fingerprint density at radius 2 is 2.28 bits per heavy atom. The molecule has 0 radical (unpaired) electrons. The molecule has 1 atom stereocenters. The van der Waals surface area contributed by atoms with Gasteiger partial charge < -0.3 is 10.4 Å². The number of benzene rings is 1. The zero-order chi connectivity index (χ0) is 13.1. The Hall–Kier alpha value is -1.69. The summed E-state index contributed by atoms with van der Waals surface area (Å²) in [6, 6.07) is 2.13. The summed E-state index contributed by atoms with van der Waals surface area (Å²) in [6.45, 7) is 0.911. The van der Waals surface area contributed by atoms with Gasteiger partial charge in [-0.3, -0.25) is 10.1 Å². The summed E-state index contributed by atoms with van der Waals surface area (Å²) < 4.78 is 13.2. The van der Waals surface area contributed by atoms with Crippen molar-refractivity contribution >= 4 is 5.69 Å². The normalized spacial score (nSPS) is 19.7. The second-order valence-corrected chi connectivity index (χ2v) is 4.54. The molecule has 1 unspecified atom stereocenters. The fourth-order valence-corrected chi connectivity index (χ4v) is 2.26. The van der Waals surface area contributed by atoms with E-state index in [1.807, 2.05) is 0 Å². The van der Waals surface area contributed by atoms with Gasteiger partial charge in [0.2, 0.25) is 5.82 Å². The van der Waals surface area contributed by atoms with E-state index in [1.165, 1.54) is 0 Å². The predicted octanol–water partition coefficient (Wildman–Crippen LogP) is 2.12. The van der Waals surface area contributed by atoms with Crippen LogP contribution in [-0.2, 0) is 6.42 Å². The minimum Gasteiger partial charge on any atom is -0.508 e. The molecule has 1 aliphatic heterocycles. The summed E-state index contributed by atoms with van der Waals surface area (Å²) in [5.74, 6) is -1.22. The van der Waals surface area contributed by atoms with Crippen molar-refractivity contribution < 1.29 is 14.4 Å². The molecule has 1 fully saturated rings. The Kier molecular flexibility index (Phi) is 3.76. The second kappa shape index (κ2) is 5.30. The van der Waals surface area contributed by atoms with Crippen LogP contribution >= 0.6 is 0 Å². The van der Waals surface area contributed by atoms with Gasteiger partial charge in [0, 0.05) is 23.7 Å². The third-order valence-corrected chi connectivity index (χ3v) is 3.22. The van der Waals surface area contributed by atoms with E-state index in [-0.39, 0.29) is 11.8 Å². The highest BCUT2D eigenvalue weighted by Crippen LogP contribution is 2.28. The molecule has 98 valence electrons. The summed E-state index contributed by atoms with van der Waals surface area (Å²) >= 11 is 0. The van der Waals surface area contributed by atoms with Crippen LogP contribution in [0.4, 0.5) is 10.1 Å². The molecule has 6 heteroatoms. The van der Waals surface area contributed by atoms with Crippen molar-refractivity contribution in [2.45, 2.75) is 31.7 Å². The summed E-state index contributed by atoms with van der Waals surface area (Å²) in [7, 11) is 0. The van der Waals surface area contributed by atoms with Crippen LogP contribution in [0.15, 0.2) is 12.1 Å². The fourth-order valence-electron chi connectivity index (χ4n) is 2.26. The van der Waals surface area contributed by atoms with Crippen LogP contribution in [0.5, 0.6) is 5.75 Å².